The molecule has 2 heterocycles. The molecule has 168 valence electrons. The summed E-state index contributed by atoms with van der Waals surface area (Å²) in [6, 6.07) is 20.1. The van der Waals surface area contributed by atoms with E-state index in [1.807, 2.05) is 18.2 Å². The Hall–Kier alpha value is -2.75. The second kappa shape index (κ2) is 8.89. The fourth-order valence-electron chi connectivity index (χ4n) is 4.47. The van der Waals surface area contributed by atoms with Crippen molar-refractivity contribution < 1.29 is 17.9 Å². The lowest BCUT2D eigenvalue weighted by atomic mass is 10.1. The molecule has 5 rings (SSSR count). The number of hydrogen-bond acceptors (Lipinski definition) is 2. The van der Waals surface area contributed by atoms with Crippen LogP contribution in [0.2, 0.25) is 0 Å². The molecular formula is C27H22F3OPS. The number of hydrogen-bond donors (Lipinski definition) is 0. The van der Waals surface area contributed by atoms with Gasteiger partial charge in [-0.2, -0.15) is 13.2 Å². The molecule has 0 spiro atoms. The van der Waals surface area contributed by atoms with Gasteiger partial charge < -0.3 is 4.74 Å². The van der Waals surface area contributed by atoms with E-state index in [9.17, 15) is 13.2 Å². The van der Waals surface area contributed by atoms with Gasteiger partial charge in [0, 0.05) is 15.5 Å². The number of methoxy groups -OCH3 is 1. The third kappa shape index (κ3) is 4.28. The zero-order valence-electron chi connectivity index (χ0n) is 18.0. The molecule has 0 amide bonds. The highest BCUT2D eigenvalue weighted by Gasteiger charge is 2.30. The molecule has 0 bridgehead atoms. The van der Waals surface area contributed by atoms with Crippen LogP contribution in [0.15, 0.2) is 66.7 Å². The van der Waals surface area contributed by atoms with Gasteiger partial charge in [-0.1, -0.05) is 67.4 Å². The first kappa shape index (κ1) is 22.1. The molecule has 0 radical (unpaired) electrons. The summed E-state index contributed by atoms with van der Waals surface area (Å²) in [5, 5.41) is 4.90. The minimum absolute atomic E-state index is 0.622. The molecule has 2 aromatic heterocycles. The van der Waals surface area contributed by atoms with Crippen LogP contribution in [0, 0.1) is 0 Å². The lowest BCUT2D eigenvalue weighted by Crippen LogP contribution is -2.03. The van der Waals surface area contributed by atoms with Crippen LogP contribution in [0.3, 0.4) is 0 Å². The van der Waals surface area contributed by atoms with E-state index >= 15 is 0 Å². The van der Waals surface area contributed by atoms with Crippen LogP contribution in [-0.2, 0) is 19.0 Å². The maximum absolute atomic E-state index is 12.9. The van der Waals surface area contributed by atoms with Crippen LogP contribution in [0.4, 0.5) is 13.2 Å². The third-order valence-electron chi connectivity index (χ3n) is 5.98. The van der Waals surface area contributed by atoms with Crippen molar-refractivity contribution >= 4 is 31.0 Å². The van der Waals surface area contributed by atoms with Crippen LogP contribution >= 0.6 is 18.9 Å². The number of benzene rings is 2. The lowest BCUT2D eigenvalue weighted by Gasteiger charge is -2.10. The van der Waals surface area contributed by atoms with Gasteiger partial charge in [-0.25, -0.2) is 0 Å². The van der Waals surface area contributed by atoms with Crippen LogP contribution in [0.1, 0.15) is 34.0 Å². The number of ether oxygens (including phenoxy) is 1. The second-order valence-electron chi connectivity index (χ2n) is 7.99. The number of fused-ring (bicyclic) bond motifs is 1. The average Bonchev–Trinajstić information content (AvgIpc) is 3.54. The van der Waals surface area contributed by atoms with Crippen molar-refractivity contribution in [1.82, 2.24) is 0 Å². The molecule has 0 N–H and O–H groups in total. The molecule has 1 atom stereocenters. The van der Waals surface area contributed by atoms with Crippen molar-refractivity contribution in [3.05, 3.63) is 94.3 Å². The van der Waals surface area contributed by atoms with Gasteiger partial charge in [0.05, 0.1) is 12.7 Å². The molecule has 0 fully saturated rings. The van der Waals surface area contributed by atoms with Gasteiger partial charge in [0.15, 0.2) is 5.06 Å². The topological polar surface area (TPSA) is 9.23 Å². The van der Waals surface area contributed by atoms with E-state index in [0.29, 0.717) is 0 Å². The zero-order valence-corrected chi connectivity index (χ0v) is 19.7. The highest BCUT2D eigenvalue weighted by molar-refractivity contribution is 7.62. The van der Waals surface area contributed by atoms with E-state index in [1.54, 1.807) is 18.4 Å². The molecule has 1 unspecified atom stereocenters. The van der Waals surface area contributed by atoms with E-state index in [1.165, 1.54) is 44.0 Å². The fraction of sp³-hybridized carbons (Fsp3) is 0.185. The SMILES string of the molecule is COc1ccc(-c2c3c(c(/C=C/c4ccc(C(F)(F)F)cc4)p2-c2ccccc2)CCC3)s1. The van der Waals surface area contributed by atoms with Gasteiger partial charge in [0.1, 0.15) is 0 Å². The Bertz CT molecular complexity index is 1300. The predicted molar refractivity (Wildman–Crippen MR) is 133 cm³/mol. The normalized spacial score (nSPS) is 14.1. The maximum atomic E-state index is 12.9. The van der Waals surface area contributed by atoms with Crippen molar-refractivity contribution in [3.8, 4) is 20.5 Å². The van der Waals surface area contributed by atoms with Crippen molar-refractivity contribution in [2.45, 2.75) is 25.4 Å². The Labute approximate surface area is 196 Å². The molecule has 1 nitrogen and oxygen atoms in total. The molecule has 0 saturated heterocycles. The van der Waals surface area contributed by atoms with Crippen molar-refractivity contribution in [1.29, 1.82) is 0 Å². The Balaban J connectivity index is 1.64. The van der Waals surface area contributed by atoms with Crippen LogP contribution in [0.5, 0.6) is 5.06 Å². The highest BCUT2D eigenvalue weighted by atomic mass is 32.1. The molecule has 0 saturated carbocycles. The van der Waals surface area contributed by atoms with Gasteiger partial charge in [-0.3, -0.25) is 0 Å². The monoisotopic (exact) mass is 482 g/mol. The van der Waals surface area contributed by atoms with Gasteiger partial charge in [0.25, 0.3) is 0 Å². The Morgan fingerprint density at radius 3 is 2.27 bits per heavy atom. The average molecular weight is 483 g/mol. The molecular weight excluding hydrogens is 460 g/mol. The Morgan fingerprint density at radius 1 is 0.879 bits per heavy atom. The Morgan fingerprint density at radius 2 is 1.61 bits per heavy atom. The Kier molecular flexibility index (Phi) is 5.94. The third-order valence-corrected chi connectivity index (χ3v) is 9.87. The standard InChI is InChI=1S/C27H22F3OPS/c1-31-25-17-16-24(33-25)26-22-9-5-8-21(22)23(32(26)20-6-3-2-4-7-20)15-12-18-10-13-19(14-11-18)27(28,29)30/h2-4,6-7,10-17H,5,8-9H2,1H3/b15-12+. The molecule has 4 aromatic rings. The summed E-state index contributed by atoms with van der Waals surface area (Å²) < 4.78 is 44.3. The van der Waals surface area contributed by atoms with Gasteiger partial charge >= 0.3 is 6.18 Å². The van der Waals surface area contributed by atoms with Crippen LogP contribution in [-0.4, -0.2) is 7.11 Å². The first-order chi connectivity index (χ1) is 16.0. The summed E-state index contributed by atoms with van der Waals surface area (Å²) in [6.45, 7) is 0. The van der Waals surface area contributed by atoms with Crippen molar-refractivity contribution in [2.75, 3.05) is 7.11 Å². The van der Waals surface area contributed by atoms with Crippen molar-refractivity contribution in [2.24, 2.45) is 0 Å². The van der Waals surface area contributed by atoms with Gasteiger partial charge in [0.2, 0.25) is 0 Å². The summed E-state index contributed by atoms with van der Waals surface area (Å²) in [6.07, 6.45) is 3.01. The number of halogens is 3. The summed E-state index contributed by atoms with van der Waals surface area (Å²) >= 11 is 1.68. The van der Waals surface area contributed by atoms with E-state index in [0.717, 1.165) is 42.0 Å². The number of thiophene rings is 1. The predicted octanol–water partition coefficient (Wildman–Crippen LogP) is 9.08. The fourth-order valence-corrected chi connectivity index (χ4v) is 8.48. The smallest absolute Gasteiger partial charge is 0.416 e. The number of rotatable bonds is 5. The minimum Gasteiger partial charge on any atom is -0.487 e. The quantitative estimate of drug-likeness (QED) is 0.276. The first-order valence-electron chi connectivity index (χ1n) is 10.8. The number of alkyl halides is 3. The van der Waals surface area contributed by atoms with Crippen molar-refractivity contribution in [3.63, 3.8) is 0 Å². The highest BCUT2D eigenvalue weighted by Crippen LogP contribution is 2.60. The second-order valence-corrected chi connectivity index (χ2v) is 11.2. The lowest BCUT2D eigenvalue weighted by molar-refractivity contribution is -0.137. The zero-order chi connectivity index (χ0) is 23.0. The molecule has 2 aromatic carbocycles. The molecule has 6 heteroatoms. The van der Waals surface area contributed by atoms with Crippen LogP contribution in [0.25, 0.3) is 27.6 Å². The molecule has 0 aliphatic heterocycles. The van der Waals surface area contributed by atoms with Crippen LogP contribution < -0.4 is 4.74 Å². The first-order valence-corrected chi connectivity index (χ1v) is 12.9. The van der Waals surface area contributed by atoms with Gasteiger partial charge in [-0.15, -0.1) is 0 Å². The summed E-state index contributed by atoms with van der Waals surface area (Å²) in [5.41, 5.74) is 3.00. The molecule has 1 aliphatic rings. The van der Waals surface area contributed by atoms with E-state index in [4.69, 9.17) is 4.74 Å². The van der Waals surface area contributed by atoms with E-state index in [2.05, 4.69) is 36.4 Å². The maximum Gasteiger partial charge on any atom is 0.416 e. The van der Waals surface area contributed by atoms with Gasteiger partial charge in [-0.05, 0) is 71.6 Å². The van der Waals surface area contributed by atoms with E-state index < -0.39 is 19.3 Å². The summed E-state index contributed by atoms with van der Waals surface area (Å²) in [7, 11) is 0.952. The summed E-state index contributed by atoms with van der Waals surface area (Å²) in [5.74, 6) is 0. The largest absolute Gasteiger partial charge is 0.487 e. The molecule has 33 heavy (non-hydrogen) atoms. The minimum atomic E-state index is -4.32. The molecule has 1 aliphatic carbocycles. The van der Waals surface area contributed by atoms with E-state index in [-0.39, 0.29) is 0 Å². The summed E-state index contributed by atoms with van der Waals surface area (Å²) in [4.78, 5) is 1.24.